The highest BCUT2D eigenvalue weighted by Gasteiger charge is 2.40. The molecule has 0 aliphatic carbocycles. The number of hydrogen-bond donors (Lipinski definition) is 2. The molecule has 9 heteroatoms. The van der Waals surface area contributed by atoms with Gasteiger partial charge in [-0.05, 0) is 37.6 Å². The molecule has 1 aliphatic rings. The Morgan fingerprint density at radius 3 is 2.23 bits per heavy atom. The Morgan fingerprint density at radius 2 is 1.67 bits per heavy atom. The molecule has 0 spiro atoms. The van der Waals surface area contributed by atoms with Gasteiger partial charge in [-0.2, -0.15) is 0 Å². The molecule has 158 valence electrons. The number of rotatable bonds is 5. The Kier molecular flexibility index (Phi) is 7.02. The topological polar surface area (TPSA) is 109 Å². The largest absolute Gasteiger partial charge is 0.351 e. The van der Waals surface area contributed by atoms with Gasteiger partial charge >= 0.3 is 0 Å². The Balaban J connectivity index is 1.93. The molecule has 3 amide bonds. The highest BCUT2D eigenvalue weighted by Crippen LogP contribution is 2.21. The minimum Gasteiger partial charge on any atom is -0.351 e. The maximum atomic E-state index is 13.2. The van der Waals surface area contributed by atoms with Gasteiger partial charge in [-0.1, -0.05) is 29.3 Å². The van der Waals surface area contributed by atoms with Crippen molar-refractivity contribution in [3.05, 3.63) is 64.4 Å². The molecule has 0 saturated carbocycles. The smallest absolute Gasteiger partial charge is 0.263 e. The van der Waals surface area contributed by atoms with E-state index < -0.39 is 18.0 Å². The minimum absolute atomic E-state index is 0.242. The summed E-state index contributed by atoms with van der Waals surface area (Å²) in [5, 5.41) is 2.97. The van der Waals surface area contributed by atoms with Gasteiger partial charge in [0.2, 0.25) is 0 Å². The molecule has 0 radical (unpaired) electrons. The number of carbonyl (C=O) groups is 3. The van der Waals surface area contributed by atoms with Crippen LogP contribution >= 0.6 is 11.6 Å². The van der Waals surface area contributed by atoms with Gasteiger partial charge in [-0.25, -0.2) is 4.98 Å². The molecular weight excluding hydrogens is 406 g/mol. The Labute approximate surface area is 180 Å². The van der Waals surface area contributed by atoms with Crippen molar-refractivity contribution in [1.82, 2.24) is 20.1 Å². The lowest BCUT2D eigenvalue weighted by atomic mass is 10.1. The molecule has 1 fully saturated rings. The number of hydrogen-bond acceptors (Lipinski definition) is 5. The van der Waals surface area contributed by atoms with Gasteiger partial charge in [0, 0.05) is 37.9 Å². The van der Waals surface area contributed by atoms with E-state index in [1.54, 1.807) is 18.2 Å². The molecule has 1 aromatic heterocycles. The first kappa shape index (κ1) is 21.7. The number of aromatic nitrogens is 1. The molecule has 1 unspecified atom stereocenters. The highest BCUT2D eigenvalue weighted by atomic mass is 35.5. The number of halogens is 1. The van der Waals surface area contributed by atoms with E-state index in [4.69, 9.17) is 17.3 Å². The lowest BCUT2D eigenvalue weighted by Crippen LogP contribution is -2.63. The monoisotopic (exact) mass is 429 g/mol. The van der Waals surface area contributed by atoms with Crippen molar-refractivity contribution in [1.29, 1.82) is 0 Å². The molecule has 1 aromatic carbocycles. The number of aryl methyl sites for hydroxylation is 1. The molecule has 3 rings (SSSR count). The van der Waals surface area contributed by atoms with Crippen LogP contribution in [-0.4, -0.2) is 64.9 Å². The second-order valence-corrected chi connectivity index (χ2v) is 7.43. The molecule has 0 bridgehead atoms. The molecule has 2 aromatic rings. The first-order valence-electron chi connectivity index (χ1n) is 9.70. The summed E-state index contributed by atoms with van der Waals surface area (Å²) in [6.07, 6.45) is 0.827. The maximum Gasteiger partial charge on any atom is 0.263 e. The molecule has 1 aliphatic heterocycles. The number of nitrogens with two attached hydrogens (primary N) is 1. The first-order valence-corrected chi connectivity index (χ1v) is 10.1. The van der Waals surface area contributed by atoms with Crippen LogP contribution in [0.2, 0.25) is 5.15 Å². The second-order valence-electron chi connectivity index (χ2n) is 7.04. The number of benzene rings is 1. The van der Waals surface area contributed by atoms with Gasteiger partial charge in [-0.3, -0.25) is 14.4 Å². The van der Waals surface area contributed by atoms with E-state index in [2.05, 4.69) is 10.3 Å². The van der Waals surface area contributed by atoms with Crippen molar-refractivity contribution in [2.24, 2.45) is 5.73 Å². The predicted molar refractivity (Wildman–Crippen MR) is 113 cm³/mol. The van der Waals surface area contributed by atoms with Crippen molar-refractivity contribution >= 4 is 29.3 Å². The van der Waals surface area contributed by atoms with Crippen LogP contribution in [0.25, 0.3) is 0 Å². The van der Waals surface area contributed by atoms with Crippen LogP contribution in [0, 0.1) is 6.92 Å². The Bertz CT molecular complexity index is 852. The minimum atomic E-state index is -1.08. The molecule has 1 atom stereocenters. The van der Waals surface area contributed by atoms with Gasteiger partial charge < -0.3 is 20.9 Å². The van der Waals surface area contributed by atoms with Gasteiger partial charge in [-0.15, -0.1) is 0 Å². The summed E-state index contributed by atoms with van der Waals surface area (Å²) >= 11 is 5.82. The number of carbonyl (C=O) groups excluding carboxylic acids is 3. The van der Waals surface area contributed by atoms with E-state index in [9.17, 15) is 14.4 Å². The summed E-state index contributed by atoms with van der Waals surface area (Å²) in [4.78, 5) is 46.1. The fourth-order valence-corrected chi connectivity index (χ4v) is 3.46. The van der Waals surface area contributed by atoms with Crippen molar-refractivity contribution in [3.63, 3.8) is 0 Å². The lowest BCUT2D eigenvalue weighted by molar-refractivity contribution is -0.132. The Hall–Kier alpha value is -2.97. The standard InChI is InChI=1S/C21H24ClN5O3/c1-14-3-5-15(6-4-14)20(29)26-11-2-12-27(19(26)18(28)24-10-9-23)21(30)16-7-8-17(22)25-13-16/h3-8,13,19H,2,9-12,23H2,1H3,(H,24,28). The summed E-state index contributed by atoms with van der Waals surface area (Å²) in [6, 6.07) is 10.2. The van der Waals surface area contributed by atoms with Crippen molar-refractivity contribution in [2.75, 3.05) is 26.2 Å². The molecule has 1 saturated heterocycles. The van der Waals surface area contributed by atoms with E-state index >= 15 is 0 Å². The van der Waals surface area contributed by atoms with Crippen LogP contribution in [-0.2, 0) is 4.79 Å². The van der Waals surface area contributed by atoms with Gasteiger partial charge in [0.25, 0.3) is 17.7 Å². The van der Waals surface area contributed by atoms with E-state index in [1.807, 2.05) is 19.1 Å². The quantitative estimate of drug-likeness (QED) is 0.699. The first-order chi connectivity index (χ1) is 14.4. The average Bonchev–Trinajstić information content (AvgIpc) is 2.77. The number of amides is 3. The van der Waals surface area contributed by atoms with Gasteiger partial charge in [0.15, 0.2) is 6.17 Å². The summed E-state index contributed by atoms with van der Waals surface area (Å²) in [5.74, 6) is -1.15. The van der Waals surface area contributed by atoms with Crippen LogP contribution in [0.5, 0.6) is 0 Å². The van der Waals surface area contributed by atoms with Crippen molar-refractivity contribution in [3.8, 4) is 0 Å². The predicted octanol–water partition coefficient (Wildman–Crippen LogP) is 1.43. The van der Waals surface area contributed by atoms with Crippen molar-refractivity contribution < 1.29 is 14.4 Å². The summed E-state index contributed by atoms with van der Waals surface area (Å²) in [5.41, 5.74) is 7.28. The Morgan fingerprint density at radius 1 is 1.07 bits per heavy atom. The zero-order chi connectivity index (χ0) is 21.7. The molecular formula is C21H24ClN5O3. The molecule has 2 heterocycles. The van der Waals surface area contributed by atoms with Crippen LogP contribution < -0.4 is 11.1 Å². The summed E-state index contributed by atoms with van der Waals surface area (Å²) in [6.45, 7) is 3.11. The summed E-state index contributed by atoms with van der Waals surface area (Å²) in [7, 11) is 0. The van der Waals surface area contributed by atoms with Gasteiger partial charge in [0.1, 0.15) is 5.15 Å². The molecule has 8 nitrogen and oxygen atoms in total. The maximum absolute atomic E-state index is 13.2. The third kappa shape index (κ3) is 4.77. The van der Waals surface area contributed by atoms with Crippen molar-refractivity contribution in [2.45, 2.75) is 19.5 Å². The molecule has 3 N–H and O–H groups in total. The van der Waals surface area contributed by atoms with Crippen LogP contribution in [0.1, 0.15) is 32.7 Å². The third-order valence-electron chi connectivity index (χ3n) is 4.86. The fourth-order valence-electron chi connectivity index (χ4n) is 3.35. The van der Waals surface area contributed by atoms with Gasteiger partial charge in [0.05, 0.1) is 5.56 Å². The SMILES string of the molecule is Cc1ccc(C(=O)N2CCCN(C(=O)c3ccc(Cl)nc3)C2C(=O)NCCN)cc1. The number of pyridine rings is 1. The number of nitrogens with one attached hydrogen (secondary N) is 1. The lowest BCUT2D eigenvalue weighted by Gasteiger charge is -2.42. The van der Waals surface area contributed by atoms with E-state index in [-0.39, 0.29) is 24.1 Å². The van der Waals surface area contributed by atoms with E-state index in [1.165, 1.54) is 22.1 Å². The highest BCUT2D eigenvalue weighted by molar-refractivity contribution is 6.29. The zero-order valence-electron chi connectivity index (χ0n) is 16.7. The zero-order valence-corrected chi connectivity index (χ0v) is 17.4. The summed E-state index contributed by atoms with van der Waals surface area (Å²) < 4.78 is 0. The second kappa shape index (κ2) is 9.69. The fraction of sp³-hybridized carbons (Fsp3) is 0.333. The van der Waals surface area contributed by atoms with Crippen LogP contribution in [0.3, 0.4) is 0 Å². The third-order valence-corrected chi connectivity index (χ3v) is 5.08. The normalized spacial score (nSPS) is 16.3. The number of nitrogens with zero attached hydrogens (tertiary/aromatic N) is 3. The average molecular weight is 430 g/mol. The van der Waals surface area contributed by atoms with Crippen LogP contribution in [0.4, 0.5) is 0 Å². The van der Waals surface area contributed by atoms with E-state index in [0.29, 0.717) is 30.6 Å². The van der Waals surface area contributed by atoms with Crippen LogP contribution in [0.15, 0.2) is 42.6 Å². The van der Waals surface area contributed by atoms with E-state index in [0.717, 1.165) is 5.56 Å². The molecule has 30 heavy (non-hydrogen) atoms.